The molecule has 0 atom stereocenters. The number of rotatable bonds is 10. The van der Waals surface area contributed by atoms with Gasteiger partial charge in [0.15, 0.2) is 5.96 Å². The van der Waals surface area contributed by atoms with E-state index in [9.17, 15) is 13.2 Å². The van der Waals surface area contributed by atoms with Gasteiger partial charge in [-0.05, 0) is 31.9 Å². The lowest BCUT2D eigenvalue weighted by atomic mass is 10.2. The van der Waals surface area contributed by atoms with E-state index in [0.717, 1.165) is 12.8 Å². The Morgan fingerprint density at radius 3 is 2.64 bits per heavy atom. The molecule has 9 heteroatoms. The topological polar surface area (TPSA) is 54.9 Å². The molecule has 0 bridgehead atoms. The first-order valence-electron chi connectivity index (χ1n) is 7.83. The molecule has 144 valence electrons. The second kappa shape index (κ2) is 14.0. The second-order valence-electron chi connectivity index (χ2n) is 4.85. The summed E-state index contributed by atoms with van der Waals surface area (Å²) in [6.45, 7) is 0.986. The summed E-state index contributed by atoms with van der Waals surface area (Å²) in [6.07, 6.45) is 1.80. The Kier molecular flexibility index (Phi) is 13.3. The summed E-state index contributed by atoms with van der Waals surface area (Å²) in [5, 5.41) is 5.95. The van der Waals surface area contributed by atoms with Crippen LogP contribution < -0.4 is 15.4 Å². The molecule has 5 nitrogen and oxygen atoms in total. The highest BCUT2D eigenvalue weighted by molar-refractivity contribution is 14.0. The van der Waals surface area contributed by atoms with Crippen LogP contribution in [-0.4, -0.2) is 39.4 Å². The first-order valence-corrected chi connectivity index (χ1v) is 7.83. The Labute approximate surface area is 163 Å². The molecule has 0 spiro atoms. The molecule has 0 amide bonds. The quantitative estimate of drug-likeness (QED) is 0.236. The average Bonchev–Trinajstić information content (AvgIpc) is 2.54. The molecule has 0 saturated carbocycles. The lowest BCUT2D eigenvalue weighted by Gasteiger charge is -2.15. The van der Waals surface area contributed by atoms with Gasteiger partial charge in [0.25, 0.3) is 0 Å². The number of guanidine groups is 1. The Morgan fingerprint density at radius 1 is 1.24 bits per heavy atom. The van der Waals surface area contributed by atoms with Gasteiger partial charge in [-0.1, -0.05) is 6.07 Å². The summed E-state index contributed by atoms with van der Waals surface area (Å²) >= 11 is 0. The first kappa shape index (κ1) is 23.8. The van der Waals surface area contributed by atoms with E-state index in [1.54, 1.807) is 7.05 Å². The predicted molar refractivity (Wildman–Crippen MR) is 102 cm³/mol. The number of benzene rings is 1. The predicted octanol–water partition coefficient (Wildman–Crippen LogP) is 3.53. The van der Waals surface area contributed by atoms with E-state index in [2.05, 4.69) is 20.4 Å². The zero-order chi connectivity index (χ0) is 17.8. The molecule has 0 radical (unpaired) electrons. The minimum Gasteiger partial charge on any atom is -0.434 e. The minimum atomic E-state index is -3.01. The van der Waals surface area contributed by atoms with E-state index < -0.39 is 12.4 Å². The lowest BCUT2D eigenvalue weighted by Crippen LogP contribution is -2.37. The van der Waals surface area contributed by atoms with Crippen molar-refractivity contribution >= 4 is 29.9 Å². The van der Waals surface area contributed by atoms with Gasteiger partial charge >= 0.3 is 6.61 Å². The number of nitrogens with zero attached hydrogens (tertiary/aromatic N) is 1. The summed E-state index contributed by atoms with van der Waals surface area (Å²) in [7, 11) is 1.58. The van der Waals surface area contributed by atoms with Crippen molar-refractivity contribution in [1.82, 2.24) is 10.6 Å². The number of aliphatic imine (C=N–C) groups is 1. The van der Waals surface area contributed by atoms with Crippen molar-refractivity contribution in [2.75, 3.05) is 26.8 Å². The Hall–Kier alpha value is -1.23. The fraction of sp³-hybridized carbons (Fsp3) is 0.562. The van der Waals surface area contributed by atoms with Crippen LogP contribution in [0.2, 0.25) is 0 Å². The maximum Gasteiger partial charge on any atom is 0.387 e. The standard InChI is InChI=1S/C16H24F3N3O2.HI/c1-3-23-10-5-4-9-21-16(20-2)22-11-12-13(17)7-6-8-14(12)24-15(18)19;/h6-8,15H,3-5,9-11H2,1-2H3,(H2,20,21,22);1H. The highest BCUT2D eigenvalue weighted by Crippen LogP contribution is 2.23. The molecule has 0 unspecified atom stereocenters. The van der Waals surface area contributed by atoms with Crippen LogP contribution in [0.3, 0.4) is 0 Å². The van der Waals surface area contributed by atoms with E-state index in [1.807, 2.05) is 6.92 Å². The van der Waals surface area contributed by atoms with Crippen molar-refractivity contribution in [3.8, 4) is 5.75 Å². The van der Waals surface area contributed by atoms with E-state index >= 15 is 0 Å². The van der Waals surface area contributed by atoms with Crippen LogP contribution in [0.4, 0.5) is 13.2 Å². The van der Waals surface area contributed by atoms with E-state index in [-0.39, 0.29) is 41.8 Å². The van der Waals surface area contributed by atoms with Gasteiger partial charge in [-0.15, -0.1) is 24.0 Å². The van der Waals surface area contributed by atoms with Crippen molar-refractivity contribution in [3.05, 3.63) is 29.6 Å². The Balaban J connectivity index is 0.00000576. The van der Waals surface area contributed by atoms with Crippen molar-refractivity contribution in [2.24, 2.45) is 4.99 Å². The number of unbranched alkanes of at least 4 members (excludes halogenated alkanes) is 1. The molecular formula is C16H25F3IN3O2. The van der Waals surface area contributed by atoms with Crippen LogP contribution in [0, 0.1) is 5.82 Å². The monoisotopic (exact) mass is 475 g/mol. The third kappa shape index (κ3) is 9.73. The van der Waals surface area contributed by atoms with Crippen molar-refractivity contribution in [1.29, 1.82) is 0 Å². The molecule has 2 N–H and O–H groups in total. The van der Waals surface area contributed by atoms with Crippen LogP contribution in [0.15, 0.2) is 23.2 Å². The van der Waals surface area contributed by atoms with Gasteiger partial charge in [0.1, 0.15) is 11.6 Å². The highest BCUT2D eigenvalue weighted by Gasteiger charge is 2.14. The average molecular weight is 475 g/mol. The van der Waals surface area contributed by atoms with E-state index in [0.29, 0.717) is 25.7 Å². The molecule has 0 fully saturated rings. The van der Waals surface area contributed by atoms with Crippen LogP contribution in [0.5, 0.6) is 5.75 Å². The van der Waals surface area contributed by atoms with Gasteiger partial charge in [-0.3, -0.25) is 4.99 Å². The van der Waals surface area contributed by atoms with Crippen LogP contribution in [0.1, 0.15) is 25.3 Å². The molecule has 0 aliphatic rings. The molecule has 0 aromatic heterocycles. The molecule has 0 aliphatic heterocycles. The molecule has 1 aromatic rings. The SMILES string of the molecule is CCOCCCCNC(=NC)NCc1c(F)cccc1OC(F)F.I. The molecule has 0 aliphatic carbocycles. The molecule has 0 heterocycles. The lowest BCUT2D eigenvalue weighted by molar-refractivity contribution is -0.0506. The van der Waals surface area contributed by atoms with Gasteiger partial charge in [-0.2, -0.15) is 8.78 Å². The number of nitrogens with one attached hydrogen (secondary N) is 2. The smallest absolute Gasteiger partial charge is 0.387 e. The number of ether oxygens (including phenoxy) is 2. The summed E-state index contributed by atoms with van der Waals surface area (Å²) in [5.41, 5.74) is 0.0251. The van der Waals surface area contributed by atoms with Crippen LogP contribution in [-0.2, 0) is 11.3 Å². The molecule has 0 saturated heterocycles. The van der Waals surface area contributed by atoms with Gasteiger partial charge in [0.2, 0.25) is 0 Å². The Bertz CT molecular complexity index is 519. The summed E-state index contributed by atoms with van der Waals surface area (Å²) in [6, 6.07) is 3.82. The number of hydrogen-bond acceptors (Lipinski definition) is 3. The van der Waals surface area contributed by atoms with Crippen molar-refractivity contribution < 1.29 is 22.6 Å². The summed E-state index contributed by atoms with van der Waals surface area (Å²) in [5.74, 6) is -0.352. The fourth-order valence-electron chi connectivity index (χ4n) is 1.99. The Morgan fingerprint density at radius 2 is 2.00 bits per heavy atom. The normalized spacial score (nSPS) is 11.2. The zero-order valence-corrected chi connectivity index (χ0v) is 16.7. The highest BCUT2D eigenvalue weighted by atomic mass is 127. The van der Waals surface area contributed by atoms with Gasteiger partial charge in [0, 0.05) is 38.9 Å². The van der Waals surface area contributed by atoms with Crippen molar-refractivity contribution in [2.45, 2.75) is 32.9 Å². The fourth-order valence-corrected chi connectivity index (χ4v) is 1.99. The van der Waals surface area contributed by atoms with Gasteiger partial charge in [0.05, 0.1) is 0 Å². The number of hydrogen-bond donors (Lipinski definition) is 2. The maximum absolute atomic E-state index is 13.8. The second-order valence-corrected chi connectivity index (χ2v) is 4.85. The van der Waals surface area contributed by atoms with Crippen LogP contribution >= 0.6 is 24.0 Å². The molecular weight excluding hydrogens is 450 g/mol. The summed E-state index contributed by atoms with van der Waals surface area (Å²) < 4.78 is 48.2. The number of halogens is 4. The third-order valence-corrected chi connectivity index (χ3v) is 3.16. The zero-order valence-electron chi connectivity index (χ0n) is 14.4. The van der Waals surface area contributed by atoms with Crippen molar-refractivity contribution in [3.63, 3.8) is 0 Å². The maximum atomic E-state index is 13.8. The molecule has 1 aromatic carbocycles. The molecule has 1 rings (SSSR count). The van der Waals surface area contributed by atoms with Gasteiger partial charge in [-0.25, -0.2) is 4.39 Å². The third-order valence-electron chi connectivity index (χ3n) is 3.16. The first-order chi connectivity index (χ1) is 11.6. The van der Waals surface area contributed by atoms with Gasteiger partial charge < -0.3 is 20.1 Å². The molecule has 25 heavy (non-hydrogen) atoms. The van der Waals surface area contributed by atoms with E-state index in [1.165, 1.54) is 18.2 Å². The minimum absolute atomic E-state index is 0. The largest absolute Gasteiger partial charge is 0.434 e. The summed E-state index contributed by atoms with van der Waals surface area (Å²) in [4.78, 5) is 4.01. The number of alkyl halides is 2. The van der Waals surface area contributed by atoms with E-state index in [4.69, 9.17) is 4.74 Å². The van der Waals surface area contributed by atoms with Crippen LogP contribution in [0.25, 0.3) is 0 Å².